The summed E-state index contributed by atoms with van der Waals surface area (Å²) in [5, 5.41) is 17.5. The maximum absolute atomic E-state index is 11.1. The normalized spacial score (nSPS) is 11.3. The minimum atomic E-state index is -3.69. The van der Waals surface area contributed by atoms with Gasteiger partial charge in [0.1, 0.15) is 4.88 Å². The van der Waals surface area contributed by atoms with Crippen LogP contribution in [0.15, 0.2) is 29.2 Å². The van der Waals surface area contributed by atoms with Crippen LogP contribution in [0, 0.1) is 6.92 Å². The molecule has 21 heavy (non-hydrogen) atoms. The molecule has 0 saturated heterocycles. The van der Waals surface area contributed by atoms with Gasteiger partial charge in [-0.1, -0.05) is 23.5 Å². The van der Waals surface area contributed by atoms with Gasteiger partial charge in [0, 0.05) is 6.54 Å². The summed E-state index contributed by atoms with van der Waals surface area (Å²) in [6.45, 7) is 2.03. The van der Waals surface area contributed by atoms with Crippen LogP contribution >= 0.6 is 11.3 Å². The Morgan fingerprint density at radius 3 is 2.48 bits per heavy atom. The van der Waals surface area contributed by atoms with E-state index in [1.54, 1.807) is 19.1 Å². The van der Waals surface area contributed by atoms with Gasteiger partial charge in [-0.15, -0.1) is 0 Å². The number of benzene rings is 1. The number of nitrogens with two attached hydrogens (primary N) is 1. The smallest absolute Gasteiger partial charge is 0.347 e. The maximum Gasteiger partial charge on any atom is 0.347 e. The number of sulfonamides is 1. The monoisotopic (exact) mass is 327 g/mol. The highest BCUT2D eigenvalue weighted by Gasteiger charge is 2.13. The van der Waals surface area contributed by atoms with Gasteiger partial charge in [0.15, 0.2) is 5.13 Å². The fourth-order valence-electron chi connectivity index (χ4n) is 1.65. The molecule has 2 aromatic rings. The van der Waals surface area contributed by atoms with Crippen LogP contribution < -0.4 is 10.5 Å². The van der Waals surface area contributed by atoms with Crippen LogP contribution in [0.5, 0.6) is 0 Å². The molecule has 1 heterocycles. The molecule has 0 fully saturated rings. The first-order valence-corrected chi connectivity index (χ1v) is 8.20. The van der Waals surface area contributed by atoms with Crippen molar-refractivity contribution in [1.29, 1.82) is 0 Å². The van der Waals surface area contributed by atoms with Gasteiger partial charge in [-0.25, -0.2) is 23.3 Å². The van der Waals surface area contributed by atoms with Crippen LogP contribution in [0.3, 0.4) is 0 Å². The van der Waals surface area contributed by atoms with E-state index in [4.69, 9.17) is 10.2 Å². The van der Waals surface area contributed by atoms with Crippen molar-refractivity contribution in [2.45, 2.75) is 18.4 Å². The maximum atomic E-state index is 11.1. The summed E-state index contributed by atoms with van der Waals surface area (Å²) in [5.74, 6) is -1.00. The number of aromatic nitrogens is 1. The van der Waals surface area contributed by atoms with Gasteiger partial charge in [-0.2, -0.15) is 0 Å². The molecule has 1 aromatic heterocycles. The van der Waals surface area contributed by atoms with Gasteiger partial charge in [-0.05, 0) is 24.6 Å². The first-order chi connectivity index (χ1) is 9.77. The highest BCUT2D eigenvalue weighted by atomic mass is 32.2. The fraction of sp³-hybridized carbons (Fsp3) is 0.167. The number of rotatable bonds is 5. The number of hydrogen-bond donors (Lipinski definition) is 3. The van der Waals surface area contributed by atoms with Gasteiger partial charge < -0.3 is 10.4 Å². The fourth-order valence-corrected chi connectivity index (χ4v) is 2.96. The van der Waals surface area contributed by atoms with Crippen molar-refractivity contribution >= 4 is 32.5 Å². The number of primary sulfonamides is 1. The quantitative estimate of drug-likeness (QED) is 0.763. The van der Waals surface area contributed by atoms with Crippen molar-refractivity contribution in [2.24, 2.45) is 5.14 Å². The van der Waals surface area contributed by atoms with E-state index in [9.17, 15) is 13.2 Å². The Labute approximate surface area is 125 Å². The SMILES string of the molecule is Cc1nc(NCc2ccc(S(N)(=O)=O)cc2)sc1C(=O)O. The molecule has 0 aliphatic heterocycles. The molecular formula is C12H13N3O4S2. The Bertz CT molecular complexity index is 766. The van der Waals surface area contributed by atoms with Crippen molar-refractivity contribution < 1.29 is 18.3 Å². The van der Waals surface area contributed by atoms with Gasteiger partial charge >= 0.3 is 5.97 Å². The third-order valence-corrected chi connectivity index (χ3v) is 4.72. The second kappa shape index (κ2) is 5.80. The minimum absolute atomic E-state index is 0.0458. The molecule has 0 saturated carbocycles. The zero-order valence-corrected chi connectivity index (χ0v) is 12.7. The van der Waals surface area contributed by atoms with Crippen molar-refractivity contribution in [1.82, 2.24) is 4.98 Å². The number of aromatic carboxylic acids is 1. The summed E-state index contributed by atoms with van der Waals surface area (Å²) in [4.78, 5) is 15.3. The van der Waals surface area contributed by atoms with Crippen LogP contribution in [0.1, 0.15) is 20.9 Å². The summed E-state index contributed by atoms with van der Waals surface area (Å²) in [6.07, 6.45) is 0. The van der Waals surface area contributed by atoms with E-state index in [1.807, 2.05) is 0 Å². The van der Waals surface area contributed by atoms with Crippen LogP contribution in [0.25, 0.3) is 0 Å². The number of nitrogens with zero attached hydrogens (tertiary/aromatic N) is 1. The van der Waals surface area contributed by atoms with E-state index in [2.05, 4.69) is 10.3 Å². The van der Waals surface area contributed by atoms with Crippen molar-refractivity contribution in [3.63, 3.8) is 0 Å². The van der Waals surface area contributed by atoms with Crippen LogP contribution in [0.4, 0.5) is 5.13 Å². The molecule has 0 unspecified atom stereocenters. The van der Waals surface area contributed by atoms with Crippen LogP contribution in [0.2, 0.25) is 0 Å². The Morgan fingerprint density at radius 2 is 2.00 bits per heavy atom. The number of nitrogens with one attached hydrogen (secondary N) is 1. The lowest BCUT2D eigenvalue weighted by molar-refractivity contribution is 0.0701. The average Bonchev–Trinajstić information content (AvgIpc) is 2.77. The second-order valence-corrected chi connectivity index (χ2v) is 6.84. The van der Waals surface area contributed by atoms with Crippen molar-refractivity contribution in [3.8, 4) is 0 Å². The van der Waals surface area contributed by atoms with Gasteiger partial charge in [0.05, 0.1) is 10.6 Å². The van der Waals surface area contributed by atoms with E-state index in [0.29, 0.717) is 17.4 Å². The summed E-state index contributed by atoms with van der Waals surface area (Å²) in [6, 6.07) is 6.10. The number of carboxylic acid groups (broad SMARTS) is 1. The zero-order valence-electron chi connectivity index (χ0n) is 11.0. The van der Waals surface area contributed by atoms with E-state index >= 15 is 0 Å². The number of carbonyl (C=O) groups is 1. The topological polar surface area (TPSA) is 122 Å². The average molecular weight is 327 g/mol. The third-order valence-electron chi connectivity index (χ3n) is 2.69. The number of anilines is 1. The Kier molecular flexibility index (Phi) is 4.26. The molecular weight excluding hydrogens is 314 g/mol. The lowest BCUT2D eigenvalue weighted by atomic mass is 10.2. The van der Waals surface area contributed by atoms with Gasteiger partial charge in [-0.3, -0.25) is 0 Å². The summed E-state index contributed by atoms with van der Waals surface area (Å²) in [7, 11) is -3.69. The highest BCUT2D eigenvalue weighted by molar-refractivity contribution is 7.89. The molecule has 112 valence electrons. The molecule has 0 atom stereocenters. The molecule has 2 rings (SSSR count). The molecule has 4 N–H and O–H groups in total. The Balaban J connectivity index is 2.06. The predicted octanol–water partition coefficient (Wildman–Crippen LogP) is 1.41. The Morgan fingerprint density at radius 1 is 1.38 bits per heavy atom. The highest BCUT2D eigenvalue weighted by Crippen LogP contribution is 2.23. The Hall–Kier alpha value is -1.97. The third kappa shape index (κ3) is 3.78. The minimum Gasteiger partial charge on any atom is -0.477 e. The molecule has 1 aromatic carbocycles. The molecule has 0 bridgehead atoms. The standard InChI is InChI=1S/C12H13N3O4S2/c1-7-10(11(16)17)20-12(15-7)14-6-8-2-4-9(5-3-8)21(13,18)19/h2-5H,6H2,1H3,(H,14,15)(H,16,17)(H2,13,18,19). The number of aryl methyl sites for hydroxylation is 1. The molecule has 0 aliphatic rings. The largest absolute Gasteiger partial charge is 0.477 e. The van der Waals surface area contributed by atoms with E-state index in [1.165, 1.54) is 12.1 Å². The summed E-state index contributed by atoms with van der Waals surface area (Å²) >= 11 is 1.06. The molecule has 9 heteroatoms. The molecule has 0 spiro atoms. The molecule has 0 aliphatic carbocycles. The van der Waals surface area contributed by atoms with Crippen LogP contribution in [-0.2, 0) is 16.6 Å². The summed E-state index contributed by atoms with van der Waals surface area (Å²) in [5.41, 5.74) is 1.28. The second-order valence-electron chi connectivity index (χ2n) is 4.28. The molecule has 7 nitrogen and oxygen atoms in total. The lowest BCUT2D eigenvalue weighted by Crippen LogP contribution is -2.12. The van der Waals surface area contributed by atoms with E-state index in [-0.39, 0.29) is 9.77 Å². The number of hydrogen-bond acceptors (Lipinski definition) is 6. The summed E-state index contributed by atoms with van der Waals surface area (Å²) < 4.78 is 22.3. The van der Waals surface area contributed by atoms with Crippen molar-refractivity contribution in [2.75, 3.05) is 5.32 Å². The zero-order chi connectivity index (χ0) is 15.6. The van der Waals surface area contributed by atoms with Gasteiger partial charge in [0.25, 0.3) is 0 Å². The molecule has 0 amide bonds. The number of carboxylic acids is 1. The van der Waals surface area contributed by atoms with E-state index < -0.39 is 16.0 Å². The first kappa shape index (κ1) is 15.4. The van der Waals surface area contributed by atoms with Crippen LogP contribution in [-0.4, -0.2) is 24.5 Å². The number of thiazole rings is 1. The predicted molar refractivity (Wildman–Crippen MR) is 79.0 cm³/mol. The first-order valence-electron chi connectivity index (χ1n) is 5.83. The molecule has 0 radical (unpaired) electrons. The van der Waals surface area contributed by atoms with E-state index in [0.717, 1.165) is 16.9 Å². The lowest BCUT2D eigenvalue weighted by Gasteiger charge is -2.04. The van der Waals surface area contributed by atoms with Crippen molar-refractivity contribution in [3.05, 3.63) is 40.4 Å². The van der Waals surface area contributed by atoms with Gasteiger partial charge in [0.2, 0.25) is 10.0 Å².